The molecule has 0 atom stereocenters. The average Bonchev–Trinajstić information content (AvgIpc) is 2.37. The van der Waals surface area contributed by atoms with Gasteiger partial charge in [0, 0.05) is 0 Å². The molecule has 0 radical (unpaired) electrons. The molecule has 0 bridgehead atoms. The maximum atomic E-state index is 13.0. The van der Waals surface area contributed by atoms with E-state index in [0.717, 1.165) is 18.1 Å². The molecule has 2 aromatic rings. The molecule has 0 nitrogen and oxygen atoms in total. The summed E-state index contributed by atoms with van der Waals surface area (Å²) in [6, 6.07) is 13.1. The molecule has 0 saturated carbocycles. The Morgan fingerprint density at radius 2 is 1.65 bits per heavy atom. The minimum atomic E-state index is -4.33. The molecule has 106 valence electrons. The van der Waals surface area contributed by atoms with Crippen LogP contribution in [-0.2, 0) is 12.6 Å². The molecule has 0 unspecified atom stereocenters. The summed E-state index contributed by atoms with van der Waals surface area (Å²) in [5.41, 5.74) is 1.35. The van der Waals surface area contributed by atoms with E-state index in [1.54, 1.807) is 12.1 Å². The third-order valence-corrected chi connectivity index (χ3v) is 3.11. The van der Waals surface area contributed by atoms with Gasteiger partial charge in [0.2, 0.25) is 0 Å². The molecule has 0 N–H and O–H groups in total. The van der Waals surface area contributed by atoms with Crippen molar-refractivity contribution in [3.8, 4) is 11.1 Å². The summed E-state index contributed by atoms with van der Waals surface area (Å²) in [5, 5.41) is 0. The van der Waals surface area contributed by atoms with E-state index in [1.807, 2.05) is 18.2 Å². The van der Waals surface area contributed by atoms with Gasteiger partial charge in [-0.3, -0.25) is 0 Å². The molecule has 0 aliphatic rings. The van der Waals surface area contributed by atoms with Gasteiger partial charge in [0.1, 0.15) is 0 Å². The number of benzene rings is 2. The van der Waals surface area contributed by atoms with Crippen molar-refractivity contribution >= 4 is 0 Å². The van der Waals surface area contributed by atoms with Gasteiger partial charge >= 0.3 is 6.18 Å². The predicted molar refractivity (Wildman–Crippen MR) is 75.4 cm³/mol. The first-order valence-electron chi connectivity index (χ1n) is 6.63. The molecule has 0 aliphatic carbocycles. The average molecular weight is 278 g/mol. The summed E-state index contributed by atoms with van der Waals surface area (Å²) in [7, 11) is 0. The molecule has 0 amide bonds. The van der Waals surface area contributed by atoms with Crippen molar-refractivity contribution in [2.75, 3.05) is 0 Å². The number of alkyl halides is 3. The van der Waals surface area contributed by atoms with E-state index < -0.39 is 11.7 Å². The lowest BCUT2D eigenvalue weighted by Crippen LogP contribution is -2.07. The van der Waals surface area contributed by atoms with Gasteiger partial charge in [-0.15, -0.1) is 0 Å². The largest absolute Gasteiger partial charge is 0.417 e. The van der Waals surface area contributed by atoms with Crippen LogP contribution in [0.3, 0.4) is 0 Å². The number of rotatable bonds is 3. The molecular weight excluding hydrogens is 261 g/mol. The third-order valence-electron chi connectivity index (χ3n) is 3.11. The first kappa shape index (κ1) is 14.6. The zero-order valence-electron chi connectivity index (χ0n) is 11.5. The minimum Gasteiger partial charge on any atom is -0.166 e. The van der Waals surface area contributed by atoms with E-state index in [1.165, 1.54) is 12.1 Å². The monoisotopic (exact) mass is 278 g/mol. The predicted octanol–water partition coefficient (Wildman–Crippen LogP) is 5.57. The summed E-state index contributed by atoms with van der Waals surface area (Å²) in [6.45, 7) is 4.19. The van der Waals surface area contributed by atoms with Gasteiger partial charge in [-0.2, -0.15) is 13.2 Å². The Bertz CT molecular complexity index is 583. The van der Waals surface area contributed by atoms with E-state index in [4.69, 9.17) is 0 Å². The van der Waals surface area contributed by atoms with Crippen LogP contribution < -0.4 is 0 Å². The highest BCUT2D eigenvalue weighted by Gasteiger charge is 2.33. The Labute approximate surface area is 117 Å². The minimum absolute atomic E-state index is 0.241. The van der Waals surface area contributed by atoms with Crippen molar-refractivity contribution in [3.05, 3.63) is 59.7 Å². The van der Waals surface area contributed by atoms with Gasteiger partial charge in [-0.25, -0.2) is 0 Å². The first-order valence-corrected chi connectivity index (χ1v) is 6.63. The van der Waals surface area contributed by atoms with Crippen molar-refractivity contribution < 1.29 is 13.2 Å². The van der Waals surface area contributed by atoms with Crippen molar-refractivity contribution in [2.24, 2.45) is 5.92 Å². The molecule has 0 saturated heterocycles. The normalized spacial score (nSPS) is 11.9. The Kier molecular flexibility index (Phi) is 4.17. The van der Waals surface area contributed by atoms with Crippen LogP contribution in [-0.4, -0.2) is 0 Å². The lowest BCUT2D eigenvalue weighted by molar-refractivity contribution is -0.137. The van der Waals surface area contributed by atoms with Crippen LogP contribution in [0.5, 0.6) is 0 Å². The number of halogens is 3. The maximum absolute atomic E-state index is 13.0. The molecule has 2 aromatic carbocycles. The number of hydrogen-bond acceptors (Lipinski definition) is 0. The standard InChI is InChI=1S/C17H17F3/c1-12(2)10-13-6-5-7-14(11-13)15-8-3-4-9-16(15)17(18,19)20/h3-9,11-12H,10H2,1-2H3. The fraction of sp³-hybridized carbons (Fsp3) is 0.294. The van der Waals surface area contributed by atoms with E-state index >= 15 is 0 Å². The van der Waals surface area contributed by atoms with Crippen molar-refractivity contribution in [2.45, 2.75) is 26.4 Å². The SMILES string of the molecule is CC(C)Cc1cccc(-c2ccccc2C(F)(F)F)c1. The molecule has 0 heterocycles. The third kappa shape index (κ3) is 3.41. The lowest BCUT2D eigenvalue weighted by Gasteiger charge is -2.14. The summed E-state index contributed by atoms with van der Waals surface area (Å²) in [6.07, 6.45) is -3.47. The Balaban J connectivity index is 2.47. The van der Waals surface area contributed by atoms with Crippen LogP contribution in [0.4, 0.5) is 13.2 Å². The van der Waals surface area contributed by atoms with Gasteiger partial charge in [0.15, 0.2) is 0 Å². The number of hydrogen-bond donors (Lipinski definition) is 0. The Hall–Kier alpha value is -1.77. The highest BCUT2D eigenvalue weighted by atomic mass is 19.4. The van der Waals surface area contributed by atoms with Gasteiger partial charge in [-0.1, -0.05) is 56.3 Å². The van der Waals surface area contributed by atoms with Crippen molar-refractivity contribution in [3.63, 3.8) is 0 Å². The van der Waals surface area contributed by atoms with Gasteiger partial charge in [0.05, 0.1) is 5.56 Å². The second kappa shape index (κ2) is 5.70. The molecule has 0 spiro atoms. The van der Waals surface area contributed by atoms with Crippen LogP contribution in [0.1, 0.15) is 25.0 Å². The Morgan fingerprint density at radius 1 is 0.950 bits per heavy atom. The molecule has 3 heteroatoms. The van der Waals surface area contributed by atoms with Gasteiger partial charge in [0.25, 0.3) is 0 Å². The first-order chi connectivity index (χ1) is 9.38. The molecule has 20 heavy (non-hydrogen) atoms. The zero-order chi connectivity index (χ0) is 14.8. The van der Waals surface area contributed by atoms with Crippen LogP contribution in [0, 0.1) is 5.92 Å². The quantitative estimate of drug-likeness (QED) is 0.688. The highest BCUT2D eigenvalue weighted by molar-refractivity contribution is 5.68. The zero-order valence-corrected chi connectivity index (χ0v) is 11.5. The van der Waals surface area contributed by atoms with Crippen LogP contribution in [0.25, 0.3) is 11.1 Å². The summed E-state index contributed by atoms with van der Waals surface area (Å²) in [4.78, 5) is 0. The van der Waals surface area contributed by atoms with Crippen molar-refractivity contribution in [1.29, 1.82) is 0 Å². The van der Waals surface area contributed by atoms with E-state index in [-0.39, 0.29) is 5.56 Å². The Morgan fingerprint density at radius 3 is 2.30 bits per heavy atom. The van der Waals surface area contributed by atoms with Gasteiger partial charge < -0.3 is 0 Å². The summed E-state index contributed by atoms with van der Waals surface area (Å²) >= 11 is 0. The van der Waals surface area contributed by atoms with E-state index in [2.05, 4.69) is 13.8 Å². The molecule has 0 aromatic heterocycles. The summed E-state index contributed by atoms with van der Waals surface area (Å²) < 4.78 is 39.1. The van der Waals surface area contributed by atoms with Crippen LogP contribution in [0.2, 0.25) is 0 Å². The molecule has 0 fully saturated rings. The smallest absolute Gasteiger partial charge is 0.166 e. The lowest BCUT2D eigenvalue weighted by atomic mass is 9.95. The second-order valence-electron chi connectivity index (χ2n) is 5.34. The topological polar surface area (TPSA) is 0 Å². The van der Waals surface area contributed by atoms with E-state index in [9.17, 15) is 13.2 Å². The van der Waals surface area contributed by atoms with Crippen molar-refractivity contribution in [1.82, 2.24) is 0 Å². The highest BCUT2D eigenvalue weighted by Crippen LogP contribution is 2.37. The summed E-state index contributed by atoms with van der Waals surface area (Å²) in [5.74, 6) is 0.475. The molecular formula is C17H17F3. The van der Waals surface area contributed by atoms with Crippen LogP contribution in [0.15, 0.2) is 48.5 Å². The van der Waals surface area contributed by atoms with Crippen LogP contribution >= 0.6 is 0 Å². The fourth-order valence-electron chi connectivity index (χ4n) is 2.32. The second-order valence-corrected chi connectivity index (χ2v) is 5.34. The van der Waals surface area contributed by atoms with E-state index in [0.29, 0.717) is 11.5 Å². The van der Waals surface area contributed by atoms with Gasteiger partial charge in [-0.05, 0) is 35.1 Å². The maximum Gasteiger partial charge on any atom is 0.417 e. The fourth-order valence-corrected chi connectivity index (χ4v) is 2.32. The molecule has 0 aliphatic heterocycles. The molecule has 2 rings (SSSR count).